The SMILES string of the molecule is O=C(C(CCn1ccnc1Cl)NS(=O)(=O)c1ccccc1)N1CC[C@@H]2CCCC[C@H]2C1. The van der Waals surface area contributed by atoms with Gasteiger partial charge >= 0.3 is 0 Å². The highest BCUT2D eigenvalue weighted by Gasteiger charge is 2.36. The average molecular weight is 465 g/mol. The van der Waals surface area contributed by atoms with Crippen LogP contribution in [0.1, 0.15) is 38.5 Å². The monoisotopic (exact) mass is 464 g/mol. The highest BCUT2D eigenvalue weighted by atomic mass is 35.5. The van der Waals surface area contributed by atoms with Gasteiger partial charge in [0.1, 0.15) is 6.04 Å². The van der Waals surface area contributed by atoms with Gasteiger partial charge in [0.25, 0.3) is 0 Å². The van der Waals surface area contributed by atoms with Gasteiger partial charge in [0, 0.05) is 32.0 Å². The third-order valence-corrected chi connectivity index (χ3v) is 8.38. The fourth-order valence-corrected chi connectivity index (χ4v) is 6.30. The highest BCUT2D eigenvalue weighted by Crippen LogP contribution is 2.36. The first-order chi connectivity index (χ1) is 14.9. The van der Waals surface area contributed by atoms with Crippen molar-refractivity contribution in [2.45, 2.75) is 56.0 Å². The number of hydrogen-bond acceptors (Lipinski definition) is 4. The normalized spacial score (nSPS) is 22.7. The van der Waals surface area contributed by atoms with E-state index < -0.39 is 16.1 Å². The Morgan fingerprint density at radius 3 is 2.61 bits per heavy atom. The zero-order valence-electron chi connectivity index (χ0n) is 17.5. The maximum Gasteiger partial charge on any atom is 0.241 e. The lowest BCUT2D eigenvalue weighted by Gasteiger charge is -2.42. The molecule has 1 unspecified atom stereocenters. The molecule has 1 N–H and O–H groups in total. The smallest absolute Gasteiger partial charge is 0.241 e. The van der Waals surface area contributed by atoms with E-state index in [1.165, 1.54) is 31.4 Å². The highest BCUT2D eigenvalue weighted by molar-refractivity contribution is 7.89. The number of amides is 1. The van der Waals surface area contributed by atoms with Crippen molar-refractivity contribution in [2.75, 3.05) is 13.1 Å². The van der Waals surface area contributed by atoms with Crippen molar-refractivity contribution in [2.24, 2.45) is 11.8 Å². The van der Waals surface area contributed by atoms with Crippen LogP contribution in [0, 0.1) is 11.8 Å². The summed E-state index contributed by atoms with van der Waals surface area (Å²) in [6.07, 6.45) is 9.50. The fraction of sp³-hybridized carbons (Fsp3) is 0.545. The fourth-order valence-electron chi connectivity index (χ4n) is 4.86. The Labute approximate surface area is 188 Å². The largest absolute Gasteiger partial charge is 0.341 e. The molecule has 168 valence electrons. The van der Waals surface area contributed by atoms with Crippen LogP contribution >= 0.6 is 11.6 Å². The Bertz CT molecular complexity index is 995. The first kappa shape index (κ1) is 22.3. The molecule has 7 nitrogen and oxygen atoms in total. The van der Waals surface area contributed by atoms with Gasteiger partial charge in [0.15, 0.2) is 0 Å². The molecule has 2 aromatic rings. The van der Waals surface area contributed by atoms with Gasteiger partial charge < -0.3 is 9.47 Å². The van der Waals surface area contributed by atoms with Crippen molar-refractivity contribution in [1.82, 2.24) is 19.2 Å². The Balaban J connectivity index is 1.51. The lowest BCUT2D eigenvalue weighted by molar-refractivity contribution is -0.136. The molecule has 0 spiro atoms. The number of aryl methyl sites for hydroxylation is 1. The van der Waals surface area contributed by atoms with Crippen molar-refractivity contribution in [1.29, 1.82) is 0 Å². The number of imidazole rings is 1. The predicted molar refractivity (Wildman–Crippen MR) is 119 cm³/mol. The number of aromatic nitrogens is 2. The predicted octanol–water partition coefficient (Wildman–Crippen LogP) is 3.31. The van der Waals surface area contributed by atoms with Gasteiger partial charge in [-0.1, -0.05) is 37.5 Å². The summed E-state index contributed by atoms with van der Waals surface area (Å²) in [5.41, 5.74) is 0. The second kappa shape index (κ2) is 9.71. The molecular formula is C22H29ClN4O3S. The minimum Gasteiger partial charge on any atom is -0.341 e. The molecule has 1 aromatic carbocycles. The first-order valence-corrected chi connectivity index (χ1v) is 12.8. The molecular weight excluding hydrogens is 436 g/mol. The molecule has 0 bridgehead atoms. The molecule has 1 amide bonds. The maximum atomic E-state index is 13.5. The molecule has 3 atom stereocenters. The second-order valence-electron chi connectivity index (χ2n) is 8.54. The first-order valence-electron chi connectivity index (χ1n) is 11.0. The van der Waals surface area contributed by atoms with Crippen molar-refractivity contribution >= 4 is 27.5 Å². The quantitative estimate of drug-likeness (QED) is 0.681. The molecule has 2 fully saturated rings. The number of carbonyl (C=O) groups excluding carboxylic acids is 1. The Kier molecular flexibility index (Phi) is 6.99. The summed E-state index contributed by atoms with van der Waals surface area (Å²) in [5.74, 6) is 1.07. The van der Waals surface area contributed by atoms with Crippen LogP contribution in [0.15, 0.2) is 47.6 Å². The molecule has 2 heterocycles. The van der Waals surface area contributed by atoms with E-state index in [1.54, 1.807) is 35.2 Å². The molecule has 0 radical (unpaired) electrons. The number of piperidine rings is 1. The van der Waals surface area contributed by atoms with Crippen LogP contribution in [-0.4, -0.2) is 47.9 Å². The lowest BCUT2D eigenvalue weighted by Crippen LogP contribution is -2.53. The molecule has 31 heavy (non-hydrogen) atoms. The van der Waals surface area contributed by atoms with Gasteiger partial charge in [-0.3, -0.25) is 4.79 Å². The number of halogens is 1. The number of hydrogen-bond donors (Lipinski definition) is 1. The zero-order chi connectivity index (χ0) is 21.8. The number of likely N-dealkylation sites (tertiary alicyclic amines) is 1. The topological polar surface area (TPSA) is 84.3 Å². The molecule has 1 saturated heterocycles. The number of rotatable bonds is 7. The van der Waals surface area contributed by atoms with Gasteiger partial charge in [-0.25, -0.2) is 13.4 Å². The van der Waals surface area contributed by atoms with Crippen LogP contribution in [0.3, 0.4) is 0 Å². The summed E-state index contributed by atoms with van der Waals surface area (Å²) in [4.78, 5) is 19.5. The Morgan fingerprint density at radius 2 is 1.90 bits per heavy atom. The van der Waals surface area contributed by atoms with E-state index in [0.29, 0.717) is 36.6 Å². The molecule has 1 aliphatic carbocycles. The van der Waals surface area contributed by atoms with Crippen molar-refractivity contribution in [3.05, 3.63) is 48.0 Å². The van der Waals surface area contributed by atoms with Crippen LogP contribution in [0.25, 0.3) is 0 Å². The summed E-state index contributed by atoms with van der Waals surface area (Å²) in [5, 5.41) is 0.320. The van der Waals surface area contributed by atoms with Crippen molar-refractivity contribution in [3.8, 4) is 0 Å². The van der Waals surface area contributed by atoms with Gasteiger partial charge in [-0.15, -0.1) is 0 Å². The Morgan fingerprint density at radius 1 is 1.16 bits per heavy atom. The van der Waals surface area contributed by atoms with Crippen molar-refractivity contribution < 1.29 is 13.2 Å². The number of fused-ring (bicyclic) bond motifs is 1. The second-order valence-corrected chi connectivity index (χ2v) is 10.6. The third kappa shape index (κ3) is 5.30. The van der Waals surface area contributed by atoms with E-state index in [0.717, 1.165) is 19.4 Å². The maximum absolute atomic E-state index is 13.5. The van der Waals surface area contributed by atoms with E-state index in [-0.39, 0.29) is 10.8 Å². The molecule has 1 saturated carbocycles. The summed E-state index contributed by atoms with van der Waals surface area (Å²) >= 11 is 6.07. The number of nitrogens with one attached hydrogen (secondary N) is 1. The average Bonchev–Trinajstić information content (AvgIpc) is 3.21. The minimum atomic E-state index is -3.82. The zero-order valence-corrected chi connectivity index (χ0v) is 19.1. The molecule has 4 rings (SSSR count). The van der Waals surface area contributed by atoms with E-state index in [9.17, 15) is 13.2 Å². The number of nitrogens with zero attached hydrogens (tertiary/aromatic N) is 3. The summed E-state index contributed by atoms with van der Waals surface area (Å²) in [6, 6.07) is 7.31. The van der Waals surface area contributed by atoms with E-state index >= 15 is 0 Å². The standard InChI is InChI=1S/C22H29ClN4O3S/c23-22-24-12-15-26(22)14-11-20(25-31(29,30)19-8-2-1-3-9-19)21(28)27-13-10-17-6-4-5-7-18(17)16-27/h1-3,8-9,12,15,17-18,20,25H,4-7,10-11,13-14,16H2/t17-,18-,20?/m0/s1. The van der Waals surface area contributed by atoms with Crippen molar-refractivity contribution in [3.63, 3.8) is 0 Å². The van der Waals surface area contributed by atoms with Gasteiger partial charge in [-0.2, -0.15) is 4.72 Å². The number of sulfonamides is 1. The molecule has 1 aliphatic heterocycles. The van der Waals surface area contributed by atoms with E-state index in [1.807, 2.05) is 4.90 Å². The van der Waals surface area contributed by atoms with Crippen LogP contribution in [0.5, 0.6) is 0 Å². The van der Waals surface area contributed by atoms with Gasteiger partial charge in [-0.05, 0) is 54.8 Å². The van der Waals surface area contributed by atoms with Gasteiger partial charge in [0.05, 0.1) is 4.90 Å². The van der Waals surface area contributed by atoms with Crippen LogP contribution < -0.4 is 4.72 Å². The molecule has 9 heteroatoms. The molecule has 2 aliphatic rings. The summed E-state index contributed by atoms with van der Waals surface area (Å²) in [7, 11) is -3.82. The van der Waals surface area contributed by atoms with E-state index in [4.69, 9.17) is 11.6 Å². The summed E-state index contributed by atoms with van der Waals surface area (Å²) < 4.78 is 30.3. The van der Waals surface area contributed by atoms with Crippen LogP contribution in [0.2, 0.25) is 5.28 Å². The number of carbonyl (C=O) groups is 1. The minimum absolute atomic E-state index is 0.152. The van der Waals surface area contributed by atoms with Crippen LogP contribution in [0.4, 0.5) is 0 Å². The molecule has 1 aromatic heterocycles. The van der Waals surface area contributed by atoms with Crippen LogP contribution in [-0.2, 0) is 21.4 Å². The lowest BCUT2D eigenvalue weighted by atomic mass is 9.75. The Hall–Kier alpha value is -1.90. The third-order valence-electron chi connectivity index (χ3n) is 6.58. The summed E-state index contributed by atoms with van der Waals surface area (Å²) in [6.45, 7) is 1.81. The van der Waals surface area contributed by atoms with Gasteiger partial charge in [0.2, 0.25) is 21.2 Å². The van der Waals surface area contributed by atoms with E-state index in [2.05, 4.69) is 9.71 Å². The number of benzene rings is 1.